The lowest BCUT2D eigenvalue weighted by molar-refractivity contribution is -0.133. The molecule has 0 spiro atoms. The normalized spacial score (nSPS) is 20.8. The van der Waals surface area contributed by atoms with E-state index in [9.17, 15) is 23.6 Å². The van der Waals surface area contributed by atoms with Gasteiger partial charge in [-0.15, -0.1) is 0 Å². The van der Waals surface area contributed by atoms with Crippen molar-refractivity contribution in [2.24, 2.45) is 0 Å². The number of anilines is 1. The Morgan fingerprint density at radius 1 is 0.949 bits per heavy atom. The average molecular weight is 551 g/mol. The summed E-state index contributed by atoms with van der Waals surface area (Å²) in [4.78, 5) is 26.5. The third-order valence-corrected chi connectivity index (χ3v) is 9.10. The first-order chi connectivity index (χ1) is 18.7. The molecule has 0 bridgehead atoms. The van der Waals surface area contributed by atoms with Crippen LogP contribution < -0.4 is 14.9 Å². The summed E-state index contributed by atoms with van der Waals surface area (Å²) in [6, 6.07) is 17.6. The lowest BCUT2D eigenvalue weighted by Crippen LogP contribution is -2.62. The third-order valence-electron chi connectivity index (χ3n) is 7.92. The first-order valence-corrected chi connectivity index (χ1v) is 14.1. The Labute approximate surface area is 229 Å². The van der Waals surface area contributed by atoms with Crippen LogP contribution in [0, 0.1) is 11.3 Å². The van der Waals surface area contributed by atoms with Crippen molar-refractivity contribution in [2.45, 2.75) is 61.9 Å². The Balaban J connectivity index is 1.22. The molecule has 3 aromatic rings. The van der Waals surface area contributed by atoms with E-state index in [2.05, 4.69) is 45.3 Å². The molecular weight excluding hydrogens is 522 g/mol. The molecule has 2 N–H and O–H groups in total. The first kappa shape index (κ1) is 25.7. The van der Waals surface area contributed by atoms with Crippen molar-refractivity contribution in [1.82, 2.24) is 10.6 Å². The number of carbonyl (C=O) groups is 2. The van der Waals surface area contributed by atoms with Gasteiger partial charge in [0.2, 0.25) is 11.8 Å². The third kappa shape index (κ3) is 5.08. The van der Waals surface area contributed by atoms with Gasteiger partial charge in [0, 0.05) is 36.2 Å². The SMILES string of the molecule is N#CC1(NC(=O)C2(NC(=O)c3cc4ccc(-c5ccc(N6CCCS6)cc5)cc4o3)CCC(F)(F)CC2)CC1. The van der Waals surface area contributed by atoms with Crippen molar-refractivity contribution in [2.75, 3.05) is 16.6 Å². The van der Waals surface area contributed by atoms with E-state index in [1.165, 1.54) is 12.1 Å². The molecule has 202 valence electrons. The molecule has 7 nitrogen and oxygen atoms in total. The summed E-state index contributed by atoms with van der Waals surface area (Å²) in [5.41, 5.74) is 1.10. The minimum absolute atomic E-state index is 0.00511. The number of nitrogens with zero attached hydrogens (tertiary/aromatic N) is 2. The van der Waals surface area contributed by atoms with Gasteiger partial charge in [-0.1, -0.05) is 24.3 Å². The standard InChI is InChI=1S/C29H28F2N4O3S/c30-29(31)12-10-28(11-13-29,26(37)34-27(18-32)8-9-27)33-25(36)24-17-21-3-2-20(16-23(21)38-24)19-4-6-22(7-5-19)35-14-1-15-39-35/h2-7,16-17H,1,8-15H2,(H,33,36)(H,34,37). The van der Waals surface area contributed by atoms with E-state index in [0.29, 0.717) is 23.8 Å². The van der Waals surface area contributed by atoms with Crippen molar-refractivity contribution in [3.8, 4) is 17.2 Å². The van der Waals surface area contributed by atoms with Gasteiger partial charge >= 0.3 is 0 Å². The van der Waals surface area contributed by atoms with Crippen LogP contribution in [0.3, 0.4) is 0 Å². The van der Waals surface area contributed by atoms with E-state index in [-0.39, 0.29) is 18.6 Å². The van der Waals surface area contributed by atoms with Gasteiger partial charge in [0.05, 0.1) is 6.07 Å². The number of nitrogens with one attached hydrogen (secondary N) is 2. The zero-order valence-corrected chi connectivity index (χ0v) is 22.1. The summed E-state index contributed by atoms with van der Waals surface area (Å²) in [5.74, 6) is -3.02. The summed E-state index contributed by atoms with van der Waals surface area (Å²) in [5, 5.41) is 15.5. The summed E-state index contributed by atoms with van der Waals surface area (Å²) in [7, 11) is 0. The molecule has 0 atom stereocenters. The summed E-state index contributed by atoms with van der Waals surface area (Å²) < 4.78 is 36.1. The molecule has 1 saturated heterocycles. The molecule has 2 amide bonds. The second-order valence-corrected chi connectivity index (χ2v) is 11.8. The number of halogens is 2. The van der Waals surface area contributed by atoms with Crippen molar-refractivity contribution in [3.05, 3.63) is 54.3 Å². The lowest BCUT2D eigenvalue weighted by atomic mass is 9.78. The Hall–Kier alpha value is -3.58. The molecule has 39 heavy (non-hydrogen) atoms. The molecule has 2 heterocycles. The van der Waals surface area contributed by atoms with Gasteiger partial charge in [-0.05, 0) is 79.4 Å². The van der Waals surface area contributed by atoms with Crippen LogP contribution in [0.4, 0.5) is 14.5 Å². The average Bonchev–Trinajstić information content (AvgIpc) is 3.30. The van der Waals surface area contributed by atoms with Gasteiger partial charge in [0.1, 0.15) is 16.7 Å². The minimum Gasteiger partial charge on any atom is -0.451 e. The van der Waals surface area contributed by atoms with Crippen LogP contribution in [0.2, 0.25) is 0 Å². The number of hydrogen-bond donors (Lipinski definition) is 2. The maximum absolute atomic E-state index is 14.0. The van der Waals surface area contributed by atoms with Crippen LogP contribution in [0.1, 0.15) is 55.5 Å². The van der Waals surface area contributed by atoms with Gasteiger partial charge in [0.25, 0.3) is 5.91 Å². The van der Waals surface area contributed by atoms with Crippen LogP contribution in [0.25, 0.3) is 22.1 Å². The molecule has 2 aromatic carbocycles. The molecule has 0 radical (unpaired) electrons. The molecule has 10 heteroatoms. The number of alkyl halides is 2. The fourth-order valence-corrected chi connectivity index (χ4v) is 6.26. The van der Waals surface area contributed by atoms with E-state index in [4.69, 9.17) is 4.42 Å². The number of benzene rings is 2. The molecule has 2 aliphatic carbocycles. The molecule has 2 saturated carbocycles. The van der Waals surface area contributed by atoms with Gasteiger partial charge in [-0.2, -0.15) is 5.26 Å². The number of nitriles is 1. The molecule has 0 unspecified atom stereocenters. The number of hydrogen-bond acceptors (Lipinski definition) is 6. The Bertz CT molecular complexity index is 1460. The molecule has 6 rings (SSSR count). The van der Waals surface area contributed by atoms with Gasteiger partial charge in [-0.25, -0.2) is 8.78 Å². The highest BCUT2D eigenvalue weighted by atomic mass is 32.2. The van der Waals surface area contributed by atoms with E-state index in [1.807, 2.05) is 30.1 Å². The Morgan fingerprint density at radius 3 is 2.31 bits per heavy atom. The second-order valence-electron chi connectivity index (χ2n) is 10.7. The molecular formula is C29H28F2N4O3S. The minimum atomic E-state index is -2.90. The maximum atomic E-state index is 14.0. The highest BCUT2D eigenvalue weighted by molar-refractivity contribution is 8.00. The fraction of sp³-hybridized carbons (Fsp3) is 0.414. The largest absolute Gasteiger partial charge is 0.451 e. The van der Waals surface area contributed by atoms with Gasteiger partial charge < -0.3 is 19.4 Å². The van der Waals surface area contributed by atoms with Gasteiger partial charge in [0.15, 0.2) is 5.76 Å². The van der Waals surface area contributed by atoms with Crippen molar-refractivity contribution < 1.29 is 22.8 Å². The van der Waals surface area contributed by atoms with Crippen molar-refractivity contribution >= 4 is 40.4 Å². The molecule has 1 aromatic heterocycles. The van der Waals surface area contributed by atoms with Crippen LogP contribution in [0.5, 0.6) is 0 Å². The predicted molar refractivity (Wildman–Crippen MR) is 145 cm³/mol. The second kappa shape index (κ2) is 9.56. The van der Waals surface area contributed by atoms with E-state index in [1.54, 1.807) is 6.07 Å². The molecule has 3 aliphatic rings. The van der Waals surface area contributed by atoms with Crippen LogP contribution in [0.15, 0.2) is 52.9 Å². The predicted octanol–water partition coefficient (Wildman–Crippen LogP) is 5.81. The molecule has 3 fully saturated rings. The number of amides is 2. The smallest absolute Gasteiger partial charge is 0.287 e. The quantitative estimate of drug-likeness (QED) is 0.376. The topological polar surface area (TPSA) is 98.4 Å². The first-order valence-electron chi connectivity index (χ1n) is 13.2. The Kier molecular flexibility index (Phi) is 6.29. The monoisotopic (exact) mass is 550 g/mol. The van der Waals surface area contributed by atoms with E-state index < -0.39 is 41.7 Å². The van der Waals surface area contributed by atoms with Gasteiger partial charge in [-0.3, -0.25) is 9.59 Å². The zero-order chi connectivity index (χ0) is 27.3. The number of furan rings is 1. The highest BCUT2D eigenvalue weighted by Crippen LogP contribution is 2.41. The zero-order valence-electron chi connectivity index (χ0n) is 21.3. The van der Waals surface area contributed by atoms with Crippen LogP contribution >= 0.6 is 11.9 Å². The van der Waals surface area contributed by atoms with Crippen molar-refractivity contribution in [3.63, 3.8) is 0 Å². The highest BCUT2D eigenvalue weighted by Gasteiger charge is 2.53. The van der Waals surface area contributed by atoms with Crippen molar-refractivity contribution in [1.29, 1.82) is 5.26 Å². The molecule has 1 aliphatic heterocycles. The number of rotatable bonds is 6. The fourth-order valence-electron chi connectivity index (χ4n) is 5.25. The lowest BCUT2D eigenvalue weighted by Gasteiger charge is -2.39. The number of fused-ring (bicyclic) bond motifs is 1. The summed E-state index contributed by atoms with van der Waals surface area (Å²) in [6.45, 7) is 1.04. The van der Waals surface area contributed by atoms with E-state index in [0.717, 1.165) is 23.4 Å². The van der Waals surface area contributed by atoms with E-state index >= 15 is 0 Å². The number of carbonyl (C=O) groups excluding carboxylic acids is 2. The van der Waals surface area contributed by atoms with Crippen LogP contribution in [-0.2, 0) is 4.79 Å². The summed E-state index contributed by atoms with van der Waals surface area (Å²) in [6.07, 6.45) is 0.668. The summed E-state index contributed by atoms with van der Waals surface area (Å²) >= 11 is 1.83. The Morgan fingerprint density at radius 2 is 1.67 bits per heavy atom. The maximum Gasteiger partial charge on any atom is 0.287 e. The van der Waals surface area contributed by atoms with Crippen LogP contribution in [-0.4, -0.2) is 41.1 Å².